The smallest absolute Gasteiger partial charge is 0.111 e. The van der Waals surface area contributed by atoms with Gasteiger partial charge in [-0.05, 0) is 47.5 Å². The molecule has 1 N–H and O–H groups in total. The first kappa shape index (κ1) is 16.2. The van der Waals surface area contributed by atoms with Crippen molar-refractivity contribution in [3.8, 4) is 11.3 Å². The largest absolute Gasteiger partial charge is 0.345 e. The summed E-state index contributed by atoms with van der Waals surface area (Å²) in [5.41, 5.74) is 4.19. The van der Waals surface area contributed by atoms with Crippen LogP contribution in [0.3, 0.4) is 0 Å². The van der Waals surface area contributed by atoms with Crippen molar-refractivity contribution in [3.63, 3.8) is 0 Å². The van der Waals surface area contributed by atoms with E-state index in [1.165, 1.54) is 10.8 Å². The van der Waals surface area contributed by atoms with E-state index in [1.54, 1.807) is 6.07 Å². The zero-order chi connectivity index (χ0) is 17.4. The minimum Gasteiger partial charge on any atom is -0.345 e. The molecule has 4 rings (SSSR count). The van der Waals surface area contributed by atoms with Crippen LogP contribution >= 0.6 is 23.2 Å². The number of fused-ring (bicyclic) bond motifs is 1. The van der Waals surface area contributed by atoms with E-state index in [-0.39, 0.29) is 0 Å². The molecule has 0 aliphatic carbocycles. The van der Waals surface area contributed by atoms with Gasteiger partial charge in [0.1, 0.15) is 5.82 Å². The third kappa shape index (κ3) is 3.41. The number of aromatic amines is 1. The Bertz CT molecular complexity index is 1050. The Labute approximate surface area is 156 Å². The first-order valence-corrected chi connectivity index (χ1v) is 8.84. The van der Waals surface area contributed by atoms with Crippen LogP contribution in [0.25, 0.3) is 22.0 Å². The fourth-order valence-corrected chi connectivity index (χ4v) is 3.70. The molecule has 1 heterocycles. The van der Waals surface area contributed by atoms with Gasteiger partial charge in [0, 0.05) is 27.7 Å². The lowest BCUT2D eigenvalue weighted by atomic mass is 10.0. The van der Waals surface area contributed by atoms with Gasteiger partial charge in [0.15, 0.2) is 0 Å². The van der Waals surface area contributed by atoms with Gasteiger partial charge in [-0.2, -0.15) is 0 Å². The van der Waals surface area contributed by atoms with Gasteiger partial charge < -0.3 is 4.98 Å². The monoisotopic (exact) mass is 366 g/mol. The van der Waals surface area contributed by atoms with Gasteiger partial charge in [-0.15, -0.1) is 0 Å². The third-order valence-electron chi connectivity index (χ3n) is 4.25. The van der Waals surface area contributed by atoms with Gasteiger partial charge in [-0.25, -0.2) is 4.98 Å². The first-order valence-electron chi connectivity index (χ1n) is 8.08. The topological polar surface area (TPSA) is 28.7 Å². The molecular formula is C21H16Cl2N2. The number of nitrogens with zero attached hydrogens (tertiary/aromatic N) is 1. The van der Waals surface area contributed by atoms with Crippen LogP contribution in [0.5, 0.6) is 0 Å². The molecule has 0 saturated carbocycles. The molecule has 0 unspecified atom stereocenters. The van der Waals surface area contributed by atoms with Crippen LogP contribution < -0.4 is 0 Å². The summed E-state index contributed by atoms with van der Waals surface area (Å²) in [4.78, 5) is 8.18. The zero-order valence-corrected chi connectivity index (χ0v) is 15.2. The second-order valence-electron chi connectivity index (χ2n) is 6.17. The molecule has 0 spiro atoms. The maximum Gasteiger partial charge on any atom is 0.111 e. The lowest BCUT2D eigenvalue weighted by Gasteiger charge is -2.02. The summed E-state index contributed by atoms with van der Waals surface area (Å²) in [5.74, 6) is 0.902. The Morgan fingerprint density at radius 2 is 1.60 bits per heavy atom. The van der Waals surface area contributed by atoms with Crippen molar-refractivity contribution in [2.24, 2.45) is 0 Å². The zero-order valence-electron chi connectivity index (χ0n) is 13.7. The Morgan fingerprint density at radius 3 is 2.36 bits per heavy atom. The van der Waals surface area contributed by atoms with E-state index in [0.29, 0.717) is 16.5 Å². The predicted molar refractivity (Wildman–Crippen MR) is 106 cm³/mol. The number of aromatic nitrogens is 2. The van der Waals surface area contributed by atoms with E-state index in [9.17, 15) is 0 Å². The third-order valence-corrected chi connectivity index (χ3v) is 4.69. The molecule has 25 heavy (non-hydrogen) atoms. The molecule has 2 nitrogen and oxygen atoms in total. The van der Waals surface area contributed by atoms with Crippen LogP contribution in [0.4, 0.5) is 0 Å². The number of halogens is 2. The Balaban J connectivity index is 1.69. The number of imidazole rings is 1. The van der Waals surface area contributed by atoms with Crippen LogP contribution in [-0.4, -0.2) is 9.97 Å². The standard InChI is InChI=1S/C21H16Cl2N2/c1-13-21(17-7-6-15-4-2-3-5-16(15)11-17)25-20(24-13)10-14-8-18(22)12-19(23)9-14/h2-9,11-12H,10H2,1H3,(H,24,25). The molecule has 1 aromatic heterocycles. The fourth-order valence-electron chi connectivity index (χ4n) is 3.13. The van der Waals surface area contributed by atoms with Gasteiger partial charge >= 0.3 is 0 Å². The van der Waals surface area contributed by atoms with Crippen LogP contribution in [0.15, 0.2) is 60.7 Å². The molecular weight excluding hydrogens is 351 g/mol. The molecule has 0 aliphatic rings. The van der Waals surface area contributed by atoms with Gasteiger partial charge in [0.05, 0.1) is 5.69 Å². The fraction of sp³-hybridized carbons (Fsp3) is 0.0952. The molecule has 4 aromatic rings. The number of hydrogen-bond donors (Lipinski definition) is 1. The SMILES string of the molecule is Cc1[nH]c(Cc2cc(Cl)cc(Cl)c2)nc1-c1ccc2ccccc2c1. The highest BCUT2D eigenvalue weighted by Crippen LogP contribution is 2.27. The van der Waals surface area contributed by atoms with Crippen molar-refractivity contribution >= 4 is 34.0 Å². The molecule has 0 bridgehead atoms. The Hall–Kier alpha value is -2.29. The van der Waals surface area contributed by atoms with E-state index < -0.39 is 0 Å². The summed E-state index contributed by atoms with van der Waals surface area (Å²) in [7, 11) is 0. The average molecular weight is 367 g/mol. The van der Waals surface area contributed by atoms with Gasteiger partial charge in [0.25, 0.3) is 0 Å². The highest BCUT2D eigenvalue weighted by atomic mass is 35.5. The van der Waals surface area contributed by atoms with Crippen molar-refractivity contribution in [1.82, 2.24) is 9.97 Å². The van der Waals surface area contributed by atoms with Gasteiger partial charge in [-0.1, -0.05) is 59.6 Å². The summed E-state index contributed by atoms with van der Waals surface area (Å²) >= 11 is 12.2. The minimum atomic E-state index is 0.639. The Morgan fingerprint density at radius 1 is 0.880 bits per heavy atom. The Kier molecular flexibility index (Phi) is 4.24. The average Bonchev–Trinajstić information content (AvgIpc) is 2.93. The van der Waals surface area contributed by atoms with E-state index >= 15 is 0 Å². The summed E-state index contributed by atoms with van der Waals surface area (Å²) in [6.45, 7) is 2.05. The number of aryl methyl sites for hydroxylation is 1. The highest BCUT2D eigenvalue weighted by molar-refractivity contribution is 6.34. The van der Waals surface area contributed by atoms with Crippen molar-refractivity contribution < 1.29 is 0 Å². The number of rotatable bonds is 3. The molecule has 0 aliphatic heterocycles. The molecule has 0 saturated heterocycles. The predicted octanol–water partition coefficient (Wildman–Crippen LogP) is 6.44. The van der Waals surface area contributed by atoms with E-state index in [2.05, 4.69) is 47.4 Å². The first-order chi connectivity index (χ1) is 12.1. The van der Waals surface area contributed by atoms with Gasteiger partial charge in [-0.3, -0.25) is 0 Å². The van der Waals surface area contributed by atoms with E-state index in [1.807, 2.05) is 19.1 Å². The van der Waals surface area contributed by atoms with Crippen LogP contribution in [-0.2, 0) is 6.42 Å². The molecule has 0 atom stereocenters. The van der Waals surface area contributed by atoms with Crippen molar-refractivity contribution in [2.45, 2.75) is 13.3 Å². The molecule has 0 amide bonds. The molecule has 0 radical (unpaired) electrons. The van der Waals surface area contributed by atoms with Crippen LogP contribution in [0.2, 0.25) is 10.0 Å². The number of nitrogens with one attached hydrogen (secondary N) is 1. The molecule has 124 valence electrons. The summed E-state index contributed by atoms with van der Waals surface area (Å²) < 4.78 is 0. The normalized spacial score (nSPS) is 11.2. The van der Waals surface area contributed by atoms with Crippen molar-refractivity contribution in [2.75, 3.05) is 0 Å². The van der Waals surface area contributed by atoms with E-state index in [0.717, 1.165) is 28.3 Å². The molecule has 4 heteroatoms. The summed E-state index contributed by atoms with van der Waals surface area (Å²) in [6, 6.07) is 20.3. The maximum absolute atomic E-state index is 6.09. The summed E-state index contributed by atoms with van der Waals surface area (Å²) in [6.07, 6.45) is 0.661. The second-order valence-corrected chi connectivity index (χ2v) is 7.05. The second kappa shape index (κ2) is 6.55. The molecule has 3 aromatic carbocycles. The molecule has 0 fully saturated rings. The number of H-pyrrole nitrogens is 1. The quantitative estimate of drug-likeness (QED) is 0.444. The highest BCUT2D eigenvalue weighted by Gasteiger charge is 2.11. The summed E-state index contributed by atoms with van der Waals surface area (Å²) in [5, 5.41) is 3.72. The van der Waals surface area contributed by atoms with Gasteiger partial charge in [0.2, 0.25) is 0 Å². The minimum absolute atomic E-state index is 0.639. The number of hydrogen-bond acceptors (Lipinski definition) is 1. The lowest BCUT2D eigenvalue weighted by Crippen LogP contribution is -1.91. The number of benzene rings is 3. The lowest BCUT2D eigenvalue weighted by molar-refractivity contribution is 1.02. The van der Waals surface area contributed by atoms with Crippen LogP contribution in [0.1, 0.15) is 17.1 Å². The van der Waals surface area contributed by atoms with Crippen molar-refractivity contribution in [3.05, 3.63) is 87.8 Å². The van der Waals surface area contributed by atoms with Crippen molar-refractivity contribution in [1.29, 1.82) is 0 Å². The van der Waals surface area contributed by atoms with Crippen LogP contribution in [0, 0.1) is 6.92 Å². The van der Waals surface area contributed by atoms with E-state index in [4.69, 9.17) is 28.2 Å². The maximum atomic E-state index is 6.09.